The number of hydrogen-bond donors (Lipinski definition) is 2. The predicted molar refractivity (Wildman–Crippen MR) is 164 cm³/mol. The molecule has 0 saturated heterocycles. The Balaban J connectivity index is 2.16. The Kier molecular flexibility index (Phi) is 11.0. The minimum Gasteiger partial charge on any atom is -0.420 e. The van der Waals surface area contributed by atoms with Gasteiger partial charge in [-0.3, -0.25) is 20.1 Å². The van der Waals surface area contributed by atoms with Crippen molar-refractivity contribution in [1.82, 2.24) is 9.80 Å². The second kappa shape index (κ2) is 13.8. The second-order valence-corrected chi connectivity index (χ2v) is 15.0. The van der Waals surface area contributed by atoms with E-state index in [2.05, 4.69) is 0 Å². The number of halogens is 3. The fourth-order valence-electron chi connectivity index (χ4n) is 5.27. The van der Waals surface area contributed by atoms with Crippen LogP contribution in [0.3, 0.4) is 0 Å². The molecule has 0 aromatic heterocycles. The van der Waals surface area contributed by atoms with Gasteiger partial charge < -0.3 is 19.3 Å². The summed E-state index contributed by atoms with van der Waals surface area (Å²) in [4.78, 5) is 43.8. The summed E-state index contributed by atoms with van der Waals surface area (Å²) in [5, 5.41) is 10.6. The lowest BCUT2D eigenvalue weighted by Gasteiger charge is -2.46. The third kappa shape index (κ3) is 8.03. The lowest BCUT2D eigenvalue weighted by molar-refractivity contribution is -0.274. The fourth-order valence-corrected chi connectivity index (χ4v) is 5.87. The first-order valence-electron chi connectivity index (χ1n) is 14.5. The molecule has 1 aliphatic rings. The van der Waals surface area contributed by atoms with Crippen molar-refractivity contribution in [2.24, 2.45) is 23.0 Å². The number of hydrogen-bond acceptors (Lipinski definition) is 6. The highest BCUT2D eigenvalue weighted by molar-refractivity contribution is 6.48. The molecule has 3 N–H and O–H groups in total. The maximum atomic E-state index is 14.5. The Morgan fingerprint density at radius 1 is 1.02 bits per heavy atom. The van der Waals surface area contributed by atoms with Gasteiger partial charge in [-0.15, -0.1) is 0 Å². The zero-order valence-corrected chi connectivity index (χ0v) is 27.1. The van der Waals surface area contributed by atoms with Crippen LogP contribution in [-0.4, -0.2) is 72.6 Å². The van der Waals surface area contributed by atoms with Crippen LogP contribution in [0.2, 0.25) is 13.1 Å². The SMILES string of the molecule is CC(=O)N1C=C(c2ccccc2)N(CC(=O)C(Cc2ccccc2)C(N)(O)C(F)(F)F)C(=O)C1C(CO[SiH](C)C)C(C)(C)C. The molecule has 1 aliphatic heterocycles. The number of carbonyl (C=O) groups is 3. The van der Waals surface area contributed by atoms with Gasteiger partial charge in [0, 0.05) is 25.6 Å². The summed E-state index contributed by atoms with van der Waals surface area (Å²) in [5.74, 6) is -4.81. The maximum Gasteiger partial charge on any atom is 0.431 e. The Morgan fingerprint density at radius 2 is 1.57 bits per heavy atom. The van der Waals surface area contributed by atoms with Gasteiger partial charge in [-0.1, -0.05) is 81.4 Å². The van der Waals surface area contributed by atoms with Crippen molar-refractivity contribution >= 4 is 32.3 Å². The summed E-state index contributed by atoms with van der Waals surface area (Å²) in [5.41, 5.74) is 2.02. The number of Topliss-reactive ketones (excluding diaryl/α,β-unsaturated/α-hetero) is 1. The molecule has 2 aromatic carbocycles. The van der Waals surface area contributed by atoms with Crippen molar-refractivity contribution in [3.05, 3.63) is 78.0 Å². The van der Waals surface area contributed by atoms with Gasteiger partial charge in [0.05, 0.1) is 18.2 Å². The van der Waals surface area contributed by atoms with E-state index < -0.39 is 74.8 Å². The monoisotopic (exact) mass is 633 g/mol. The minimum absolute atomic E-state index is 0.160. The average molecular weight is 634 g/mol. The number of aliphatic hydroxyl groups is 1. The van der Waals surface area contributed by atoms with Crippen LogP contribution in [-0.2, 0) is 25.2 Å². The number of rotatable bonds is 11. The Morgan fingerprint density at radius 3 is 2.05 bits per heavy atom. The molecule has 0 spiro atoms. The number of carbonyl (C=O) groups excluding carboxylic acids is 3. The van der Waals surface area contributed by atoms with Gasteiger partial charge in [0.1, 0.15) is 6.04 Å². The Bertz CT molecular complexity index is 1340. The predicted octanol–water partition coefficient (Wildman–Crippen LogP) is 4.34. The van der Waals surface area contributed by atoms with E-state index in [1.807, 2.05) is 33.9 Å². The molecule has 0 fully saturated rings. The first-order chi connectivity index (χ1) is 20.4. The molecule has 3 rings (SSSR count). The molecular formula is C32H42F3N3O5Si. The van der Waals surface area contributed by atoms with Gasteiger partial charge in [-0.25, -0.2) is 0 Å². The zero-order chi connectivity index (χ0) is 33.0. The van der Waals surface area contributed by atoms with Gasteiger partial charge in [-0.2, -0.15) is 13.2 Å². The number of benzene rings is 2. The van der Waals surface area contributed by atoms with Crippen molar-refractivity contribution in [2.45, 2.75) is 65.2 Å². The molecule has 0 aliphatic carbocycles. The van der Waals surface area contributed by atoms with E-state index in [0.717, 1.165) is 4.90 Å². The van der Waals surface area contributed by atoms with E-state index in [9.17, 15) is 32.7 Å². The quantitative estimate of drug-likeness (QED) is 0.281. The van der Waals surface area contributed by atoms with Crippen molar-refractivity contribution in [3.63, 3.8) is 0 Å². The molecule has 1 heterocycles. The minimum atomic E-state index is -5.34. The van der Waals surface area contributed by atoms with Crippen LogP contribution >= 0.6 is 0 Å². The van der Waals surface area contributed by atoms with Gasteiger partial charge in [0.15, 0.2) is 14.8 Å². The second-order valence-electron chi connectivity index (χ2n) is 12.6. The van der Waals surface area contributed by atoms with Crippen LogP contribution in [0.25, 0.3) is 5.70 Å². The van der Waals surface area contributed by atoms with E-state index in [0.29, 0.717) is 11.1 Å². The Labute approximate surface area is 258 Å². The van der Waals surface area contributed by atoms with Gasteiger partial charge in [0.2, 0.25) is 11.6 Å². The third-order valence-electron chi connectivity index (χ3n) is 7.88. The van der Waals surface area contributed by atoms with Gasteiger partial charge in [0.25, 0.3) is 5.91 Å². The molecule has 4 unspecified atom stereocenters. The highest BCUT2D eigenvalue weighted by Gasteiger charge is 2.58. The average Bonchev–Trinajstić information content (AvgIpc) is 2.92. The normalized spacial score (nSPS) is 19.0. The molecule has 44 heavy (non-hydrogen) atoms. The summed E-state index contributed by atoms with van der Waals surface area (Å²) in [6, 6.07) is 15.3. The number of alkyl halides is 3. The molecular weight excluding hydrogens is 591 g/mol. The van der Waals surface area contributed by atoms with E-state index >= 15 is 0 Å². The highest BCUT2D eigenvalue weighted by Crippen LogP contribution is 2.39. The number of amides is 2. The number of nitrogens with zero attached hydrogens (tertiary/aromatic N) is 2. The summed E-state index contributed by atoms with van der Waals surface area (Å²) in [6.07, 6.45) is -4.39. The van der Waals surface area contributed by atoms with Crippen LogP contribution in [0.5, 0.6) is 0 Å². The summed E-state index contributed by atoms with van der Waals surface area (Å²) in [6.45, 7) is 10.4. The first-order valence-corrected chi connectivity index (χ1v) is 17.3. The van der Waals surface area contributed by atoms with E-state index in [1.54, 1.807) is 48.5 Å². The molecule has 8 nitrogen and oxygen atoms in total. The van der Waals surface area contributed by atoms with E-state index in [4.69, 9.17) is 10.2 Å². The van der Waals surface area contributed by atoms with Crippen LogP contribution in [0.1, 0.15) is 38.8 Å². The highest BCUT2D eigenvalue weighted by atomic mass is 28.3. The van der Waals surface area contributed by atoms with Crippen LogP contribution in [0, 0.1) is 17.3 Å². The van der Waals surface area contributed by atoms with Gasteiger partial charge in [-0.05, 0) is 36.1 Å². The summed E-state index contributed by atoms with van der Waals surface area (Å²) < 4.78 is 48.2. The van der Waals surface area contributed by atoms with Gasteiger partial charge >= 0.3 is 6.18 Å². The molecule has 0 radical (unpaired) electrons. The largest absolute Gasteiger partial charge is 0.431 e. The number of nitrogens with two attached hydrogens (primary N) is 1. The molecule has 0 bridgehead atoms. The van der Waals surface area contributed by atoms with E-state index in [-0.39, 0.29) is 12.3 Å². The van der Waals surface area contributed by atoms with Crippen LogP contribution < -0.4 is 5.73 Å². The fraction of sp³-hybridized carbons (Fsp3) is 0.469. The molecule has 0 saturated carbocycles. The molecule has 2 aromatic rings. The lowest BCUT2D eigenvalue weighted by Crippen LogP contribution is -2.63. The van der Waals surface area contributed by atoms with Crippen molar-refractivity contribution in [3.8, 4) is 0 Å². The van der Waals surface area contributed by atoms with Crippen LogP contribution in [0.4, 0.5) is 13.2 Å². The smallest absolute Gasteiger partial charge is 0.420 e. The van der Waals surface area contributed by atoms with Crippen molar-refractivity contribution in [2.75, 3.05) is 13.2 Å². The summed E-state index contributed by atoms with van der Waals surface area (Å²) >= 11 is 0. The maximum absolute atomic E-state index is 14.5. The Hall–Kier alpha value is -3.32. The summed E-state index contributed by atoms with van der Waals surface area (Å²) in [7, 11) is -1.55. The molecule has 12 heteroatoms. The number of ketones is 1. The first kappa shape index (κ1) is 35.2. The third-order valence-corrected chi connectivity index (χ3v) is 8.74. The molecule has 4 atom stereocenters. The van der Waals surface area contributed by atoms with Crippen molar-refractivity contribution in [1.29, 1.82) is 0 Å². The standard InChI is InChI=1S/C32H42F3N3O5Si/c1-21(39)37-18-26(23-15-11-8-12-16-23)38(29(41)28(37)25(30(2,3)4)20-43-44(5)6)19-27(40)24(31(36,42)32(33,34)35)17-22-13-9-7-10-14-22/h7-16,18,24-25,28,42,44H,17,19-20,36H2,1-6H3. The lowest BCUT2D eigenvalue weighted by atomic mass is 9.75. The van der Waals surface area contributed by atoms with E-state index in [1.165, 1.54) is 30.2 Å². The topological polar surface area (TPSA) is 113 Å². The van der Waals surface area contributed by atoms with Crippen LogP contribution in [0.15, 0.2) is 66.9 Å². The zero-order valence-electron chi connectivity index (χ0n) is 26.0. The van der Waals surface area contributed by atoms with Crippen molar-refractivity contribution < 1.29 is 37.1 Å². The molecule has 2 amide bonds. The molecule has 240 valence electrons.